The van der Waals surface area contributed by atoms with E-state index in [2.05, 4.69) is 0 Å². The molecule has 2 rings (SSSR count). The van der Waals surface area contributed by atoms with Crippen LogP contribution < -0.4 is 0 Å². The van der Waals surface area contributed by atoms with Crippen LogP contribution in [0.25, 0.3) is 11.1 Å². The predicted molar refractivity (Wildman–Crippen MR) is 66.5 cm³/mol. The van der Waals surface area contributed by atoms with E-state index in [9.17, 15) is 18.0 Å². The molecule has 1 N–H and O–H groups in total. The average molecular weight is 286 g/mol. The lowest BCUT2D eigenvalue weighted by Crippen LogP contribution is -2.05. The van der Waals surface area contributed by atoms with Gasteiger partial charge in [-0.05, 0) is 35.6 Å². The maximum Gasteiger partial charge on any atom is 0.417 e. The third-order valence-corrected chi connectivity index (χ3v) is 3.47. The molecule has 0 amide bonds. The van der Waals surface area contributed by atoms with E-state index in [0.717, 1.165) is 16.7 Å². The van der Waals surface area contributed by atoms with Gasteiger partial charge in [-0.3, -0.25) is 0 Å². The zero-order valence-electron chi connectivity index (χ0n) is 9.78. The minimum absolute atomic E-state index is 0.0602. The standard InChI is InChI=1S/C13H9F3O2S/c1-7-4-8(12(17)18)2-3-9(7)10-5-19-6-11(10)13(14,15)16/h2-6H,1H3,(H,17,18). The SMILES string of the molecule is Cc1cc(C(=O)O)ccc1-c1cscc1C(F)(F)F. The molecule has 0 saturated heterocycles. The Morgan fingerprint density at radius 1 is 1.21 bits per heavy atom. The molecule has 0 aliphatic carbocycles. The molecule has 2 nitrogen and oxygen atoms in total. The average Bonchev–Trinajstić information content (AvgIpc) is 2.77. The quantitative estimate of drug-likeness (QED) is 0.886. The number of thiophene rings is 1. The van der Waals surface area contributed by atoms with Crippen molar-refractivity contribution < 1.29 is 23.1 Å². The second-order valence-electron chi connectivity index (χ2n) is 4.03. The number of benzene rings is 1. The van der Waals surface area contributed by atoms with Crippen LogP contribution in [0.15, 0.2) is 29.0 Å². The van der Waals surface area contributed by atoms with Crippen LogP contribution in [0.1, 0.15) is 21.5 Å². The van der Waals surface area contributed by atoms with E-state index >= 15 is 0 Å². The Hall–Kier alpha value is -1.82. The fourth-order valence-electron chi connectivity index (χ4n) is 1.82. The Kier molecular flexibility index (Phi) is 3.36. The molecule has 0 fully saturated rings. The first kappa shape index (κ1) is 13.6. The second kappa shape index (κ2) is 4.70. The van der Waals surface area contributed by atoms with E-state index in [4.69, 9.17) is 5.11 Å². The number of hydrogen-bond donors (Lipinski definition) is 1. The smallest absolute Gasteiger partial charge is 0.417 e. The number of carboxylic acid groups (broad SMARTS) is 1. The lowest BCUT2D eigenvalue weighted by atomic mass is 9.97. The Morgan fingerprint density at radius 2 is 1.89 bits per heavy atom. The molecule has 0 saturated carbocycles. The van der Waals surface area contributed by atoms with Crippen molar-refractivity contribution in [1.29, 1.82) is 0 Å². The highest BCUT2D eigenvalue weighted by Crippen LogP contribution is 2.40. The first-order valence-electron chi connectivity index (χ1n) is 5.28. The number of aryl methyl sites for hydroxylation is 1. The van der Waals surface area contributed by atoms with E-state index in [0.29, 0.717) is 11.1 Å². The number of rotatable bonds is 2. The van der Waals surface area contributed by atoms with Crippen molar-refractivity contribution in [2.24, 2.45) is 0 Å². The molecule has 6 heteroatoms. The van der Waals surface area contributed by atoms with E-state index < -0.39 is 17.7 Å². The van der Waals surface area contributed by atoms with Crippen LogP contribution in [0.3, 0.4) is 0 Å². The van der Waals surface area contributed by atoms with E-state index in [1.807, 2.05) is 0 Å². The van der Waals surface area contributed by atoms with Crippen molar-refractivity contribution in [3.8, 4) is 11.1 Å². The van der Waals surface area contributed by atoms with Crippen molar-refractivity contribution in [3.63, 3.8) is 0 Å². The summed E-state index contributed by atoms with van der Waals surface area (Å²) < 4.78 is 38.5. The minimum Gasteiger partial charge on any atom is -0.478 e. The van der Waals surface area contributed by atoms with Gasteiger partial charge in [-0.2, -0.15) is 24.5 Å². The summed E-state index contributed by atoms with van der Waals surface area (Å²) in [5.74, 6) is -1.10. The monoisotopic (exact) mass is 286 g/mol. The predicted octanol–water partition coefficient (Wildman–Crippen LogP) is 4.44. The van der Waals surface area contributed by atoms with Gasteiger partial charge in [0.05, 0.1) is 11.1 Å². The van der Waals surface area contributed by atoms with Crippen molar-refractivity contribution in [1.82, 2.24) is 0 Å². The zero-order chi connectivity index (χ0) is 14.2. The number of aromatic carboxylic acids is 1. The summed E-state index contributed by atoms with van der Waals surface area (Å²) >= 11 is 0.971. The zero-order valence-corrected chi connectivity index (χ0v) is 10.6. The Balaban J connectivity index is 2.55. The summed E-state index contributed by atoms with van der Waals surface area (Å²) in [4.78, 5) is 10.8. The Morgan fingerprint density at radius 3 is 2.42 bits per heavy atom. The number of halogens is 3. The molecule has 100 valence electrons. The lowest BCUT2D eigenvalue weighted by Gasteiger charge is -2.10. The molecule has 1 aromatic carbocycles. The molecule has 1 heterocycles. The van der Waals surface area contributed by atoms with Crippen LogP contribution in [0.5, 0.6) is 0 Å². The molecule has 0 bridgehead atoms. The summed E-state index contributed by atoms with van der Waals surface area (Å²) in [6, 6.07) is 4.09. The highest BCUT2D eigenvalue weighted by atomic mass is 32.1. The number of hydrogen-bond acceptors (Lipinski definition) is 2. The van der Waals surface area contributed by atoms with Gasteiger partial charge in [0.1, 0.15) is 0 Å². The lowest BCUT2D eigenvalue weighted by molar-refractivity contribution is -0.136. The van der Waals surface area contributed by atoms with Gasteiger partial charge in [-0.15, -0.1) is 0 Å². The van der Waals surface area contributed by atoms with Crippen molar-refractivity contribution in [3.05, 3.63) is 45.6 Å². The molecule has 2 aromatic rings. The van der Waals surface area contributed by atoms with Gasteiger partial charge in [0.15, 0.2) is 0 Å². The van der Waals surface area contributed by atoms with Gasteiger partial charge in [0, 0.05) is 10.9 Å². The van der Waals surface area contributed by atoms with Gasteiger partial charge >= 0.3 is 12.1 Å². The largest absolute Gasteiger partial charge is 0.478 e. The van der Waals surface area contributed by atoms with E-state index in [-0.39, 0.29) is 11.1 Å². The molecule has 0 aliphatic heterocycles. The summed E-state index contributed by atoms with van der Waals surface area (Å²) in [6.07, 6.45) is -4.41. The topological polar surface area (TPSA) is 37.3 Å². The molecule has 0 unspecified atom stereocenters. The summed E-state index contributed by atoms with van der Waals surface area (Å²) in [7, 11) is 0. The molecule has 0 atom stereocenters. The van der Waals surface area contributed by atoms with Crippen LogP contribution in [0.4, 0.5) is 13.2 Å². The third-order valence-electron chi connectivity index (χ3n) is 2.73. The van der Waals surface area contributed by atoms with Gasteiger partial charge in [-0.1, -0.05) is 6.07 Å². The highest BCUT2D eigenvalue weighted by molar-refractivity contribution is 7.08. The Bertz CT molecular complexity index is 629. The molecule has 19 heavy (non-hydrogen) atoms. The van der Waals surface area contributed by atoms with Crippen molar-refractivity contribution in [2.45, 2.75) is 13.1 Å². The van der Waals surface area contributed by atoms with Gasteiger partial charge in [0.2, 0.25) is 0 Å². The second-order valence-corrected chi connectivity index (χ2v) is 4.78. The van der Waals surface area contributed by atoms with E-state index in [1.165, 1.54) is 23.6 Å². The fourth-order valence-corrected chi connectivity index (χ4v) is 2.68. The normalized spacial score (nSPS) is 11.6. The first-order chi connectivity index (χ1) is 8.80. The maximum atomic E-state index is 12.8. The molecular formula is C13H9F3O2S. The summed E-state index contributed by atoms with van der Waals surface area (Å²) in [6.45, 7) is 1.60. The first-order valence-corrected chi connectivity index (χ1v) is 6.22. The minimum atomic E-state index is -4.41. The Labute approximate surface area is 111 Å². The number of alkyl halides is 3. The third kappa shape index (κ3) is 2.63. The molecule has 1 aromatic heterocycles. The molecular weight excluding hydrogens is 277 g/mol. The van der Waals surface area contributed by atoms with Crippen LogP contribution >= 0.6 is 11.3 Å². The fraction of sp³-hybridized carbons (Fsp3) is 0.154. The molecule has 0 spiro atoms. The van der Waals surface area contributed by atoms with Gasteiger partial charge in [-0.25, -0.2) is 4.79 Å². The molecule has 0 radical (unpaired) electrons. The molecule has 0 aliphatic rings. The van der Waals surface area contributed by atoms with E-state index in [1.54, 1.807) is 6.92 Å². The maximum absolute atomic E-state index is 12.8. The van der Waals surface area contributed by atoms with Gasteiger partial charge < -0.3 is 5.11 Å². The number of carbonyl (C=O) groups is 1. The van der Waals surface area contributed by atoms with Crippen LogP contribution in [0, 0.1) is 6.92 Å². The van der Waals surface area contributed by atoms with Gasteiger partial charge in [0.25, 0.3) is 0 Å². The van der Waals surface area contributed by atoms with Crippen molar-refractivity contribution in [2.75, 3.05) is 0 Å². The van der Waals surface area contributed by atoms with Crippen LogP contribution in [-0.2, 0) is 6.18 Å². The number of carboxylic acids is 1. The van der Waals surface area contributed by atoms with Crippen molar-refractivity contribution >= 4 is 17.3 Å². The van der Waals surface area contributed by atoms with Crippen LogP contribution in [0.2, 0.25) is 0 Å². The summed E-state index contributed by atoms with van der Waals surface area (Å²) in [5, 5.41) is 11.3. The highest BCUT2D eigenvalue weighted by Gasteiger charge is 2.34. The summed E-state index contributed by atoms with van der Waals surface area (Å²) in [5.41, 5.74) is 0.364. The van der Waals surface area contributed by atoms with Crippen LogP contribution in [-0.4, -0.2) is 11.1 Å².